The van der Waals surface area contributed by atoms with Gasteiger partial charge in [-0.15, -0.1) is 0 Å². The summed E-state index contributed by atoms with van der Waals surface area (Å²) in [5.74, 6) is 0.955. The minimum atomic E-state index is -0.383. The second-order valence-electron chi connectivity index (χ2n) is 8.14. The van der Waals surface area contributed by atoms with E-state index in [4.69, 9.17) is 9.97 Å². The number of nitrogens with zero attached hydrogens (tertiary/aromatic N) is 3. The lowest BCUT2D eigenvalue weighted by Gasteiger charge is -2.31. The van der Waals surface area contributed by atoms with Crippen LogP contribution in [0.2, 0.25) is 0 Å². The van der Waals surface area contributed by atoms with Crippen LogP contribution in [0, 0.1) is 11.2 Å². The highest BCUT2D eigenvalue weighted by molar-refractivity contribution is 5.95. The number of halogens is 1. The van der Waals surface area contributed by atoms with E-state index >= 15 is 0 Å². The fourth-order valence-corrected chi connectivity index (χ4v) is 3.57. The quantitative estimate of drug-likeness (QED) is 0.489. The molecule has 6 heteroatoms. The maximum absolute atomic E-state index is 13.8. The van der Waals surface area contributed by atoms with Gasteiger partial charge in [0.1, 0.15) is 17.3 Å². The molecular weight excluding hydrogens is 353 g/mol. The maximum atomic E-state index is 13.8. The normalized spacial score (nSPS) is 13.2. The summed E-state index contributed by atoms with van der Waals surface area (Å²) in [5.41, 5.74) is 2.27. The summed E-state index contributed by atoms with van der Waals surface area (Å²) in [6.45, 7) is 8.81. The highest BCUT2D eigenvalue weighted by Gasteiger charge is 2.24. The molecule has 1 aromatic carbocycles. The monoisotopic (exact) mass is 377 g/mol. The Bertz CT molecular complexity index is 1140. The molecule has 0 spiro atoms. The van der Waals surface area contributed by atoms with E-state index in [1.165, 1.54) is 12.3 Å². The molecule has 0 saturated carbocycles. The van der Waals surface area contributed by atoms with E-state index in [-0.39, 0.29) is 17.3 Å². The summed E-state index contributed by atoms with van der Waals surface area (Å²) in [4.78, 5) is 16.7. The Labute approximate surface area is 163 Å². The topological polar surface area (TPSA) is 66.5 Å². The standard InChI is InChI=1S/C22H24FN5/c1-5-18(22(2,3)4)27-20-14-8-6-7-9-17(14)26-21(28-20)16-12-25-19-15(16)10-13(23)11-24-19/h6-12,18H,5H2,1-4H3,(H,24,25)(H,26,27,28)/t18-/m1/s1. The van der Waals surface area contributed by atoms with Crippen LogP contribution in [0.5, 0.6) is 0 Å². The van der Waals surface area contributed by atoms with Gasteiger partial charge in [0.15, 0.2) is 5.82 Å². The van der Waals surface area contributed by atoms with E-state index in [2.05, 4.69) is 43.0 Å². The number of benzene rings is 1. The number of H-pyrrole nitrogens is 1. The molecule has 0 aliphatic rings. The first kappa shape index (κ1) is 18.3. The number of pyridine rings is 1. The fraction of sp³-hybridized carbons (Fsp3) is 0.318. The average molecular weight is 377 g/mol. The summed E-state index contributed by atoms with van der Waals surface area (Å²) in [7, 11) is 0. The Balaban J connectivity index is 1.89. The van der Waals surface area contributed by atoms with Crippen LogP contribution < -0.4 is 5.32 Å². The van der Waals surface area contributed by atoms with Crippen molar-refractivity contribution >= 4 is 27.8 Å². The highest BCUT2D eigenvalue weighted by atomic mass is 19.1. The van der Waals surface area contributed by atoms with Crippen molar-refractivity contribution in [2.75, 3.05) is 5.32 Å². The molecule has 0 saturated heterocycles. The van der Waals surface area contributed by atoms with Crippen molar-refractivity contribution in [3.8, 4) is 11.4 Å². The van der Waals surface area contributed by atoms with E-state index in [0.29, 0.717) is 16.9 Å². The molecule has 2 N–H and O–H groups in total. The van der Waals surface area contributed by atoms with Gasteiger partial charge in [0, 0.05) is 28.6 Å². The van der Waals surface area contributed by atoms with E-state index in [0.717, 1.165) is 28.7 Å². The van der Waals surface area contributed by atoms with Gasteiger partial charge in [0.25, 0.3) is 0 Å². The number of hydrogen-bond donors (Lipinski definition) is 2. The molecule has 1 atom stereocenters. The van der Waals surface area contributed by atoms with Gasteiger partial charge in [0.2, 0.25) is 0 Å². The van der Waals surface area contributed by atoms with Crippen LogP contribution in [0.15, 0.2) is 42.7 Å². The molecule has 0 bridgehead atoms. The molecule has 144 valence electrons. The number of hydrogen-bond acceptors (Lipinski definition) is 4. The van der Waals surface area contributed by atoms with Crippen molar-refractivity contribution in [2.24, 2.45) is 5.41 Å². The number of rotatable bonds is 4. The summed E-state index contributed by atoms with van der Waals surface area (Å²) < 4.78 is 13.8. The van der Waals surface area contributed by atoms with Gasteiger partial charge in [-0.2, -0.15) is 0 Å². The third-order valence-corrected chi connectivity index (χ3v) is 5.11. The molecule has 5 nitrogen and oxygen atoms in total. The molecule has 0 aliphatic heterocycles. The SMILES string of the molecule is CC[C@@H](Nc1nc(-c2c[nH]c3ncc(F)cc23)nc2ccccc12)C(C)(C)C. The molecule has 3 heterocycles. The van der Waals surface area contributed by atoms with Crippen LogP contribution in [-0.2, 0) is 0 Å². The first-order valence-electron chi connectivity index (χ1n) is 9.53. The molecule has 0 unspecified atom stereocenters. The molecule has 28 heavy (non-hydrogen) atoms. The van der Waals surface area contributed by atoms with Crippen molar-refractivity contribution in [3.05, 3.63) is 48.5 Å². The van der Waals surface area contributed by atoms with Gasteiger partial charge in [-0.3, -0.25) is 0 Å². The van der Waals surface area contributed by atoms with E-state index in [9.17, 15) is 4.39 Å². The number of aromatic nitrogens is 4. The molecule has 4 rings (SSSR count). The van der Waals surface area contributed by atoms with Crippen molar-refractivity contribution in [1.29, 1.82) is 0 Å². The predicted octanol–water partition coefficient (Wildman–Crippen LogP) is 5.55. The van der Waals surface area contributed by atoms with Crippen LogP contribution in [0.25, 0.3) is 33.3 Å². The van der Waals surface area contributed by atoms with Crippen LogP contribution in [-0.4, -0.2) is 26.0 Å². The van der Waals surface area contributed by atoms with Gasteiger partial charge in [-0.05, 0) is 30.0 Å². The Morgan fingerprint density at radius 1 is 1.14 bits per heavy atom. The average Bonchev–Trinajstić information content (AvgIpc) is 3.07. The zero-order valence-electron chi connectivity index (χ0n) is 16.5. The van der Waals surface area contributed by atoms with Crippen LogP contribution >= 0.6 is 0 Å². The number of anilines is 1. The van der Waals surface area contributed by atoms with Crippen LogP contribution in [0.4, 0.5) is 10.2 Å². The summed E-state index contributed by atoms with van der Waals surface area (Å²) >= 11 is 0. The fourth-order valence-electron chi connectivity index (χ4n) is 3.57. The van der Waals surface area contributed by atoms with Crippen molar-refractivity contribution in [2.45, 2.75) is 40.2 Å². The predicted molar refractivity (Wildman–Crippen MR) is 112 cm³/mol. The first-order chi connectivity index (χ1) is 13.4. The largest absolute Gasteiger partial charge is 0.366 e. The lowest BCUT2D eigenvalue weighted by molar-refractivity contribution is 0.333. The van der Waals surface area contributed by atoms with Gasteiger partial charge >= 0.3 is 0 Å². The van der Waals surface area contributed by atoms with Crippen LogP contribution in [0.3, 0.4) is 0 Å². The molecule has 0 amide bonds. The summed E-state index contributed by atoms with van der Waals surface area (Å²) in [6.07, 6.45) is 3.96. The molecule has 4 aromatic rings. The van der Waals surface area contributed by atoms with E-state index in [1.54, 1.807) is 6.20 Å². The smallest absolute Gasteiger partial charge is 0.164 e. The minimum absolute atomic E-state index is 0.0782. The van der Waals surface area contributed by atoms with E-state index in [1.807, 2.05) is 24.3 Å². The second kappa shape index (κ2) is 6.86. The molecule has 0 radical (unpaired) electrons. The lowest BCUT2D eigenvalue weighted by atomic mass is 9.85. The molecule has 0 fully saturated rings. The van der Waals surface area contributed by atoms with E-state index < -0.39 is 0 Å². The van der Waals surface area contributed by atoms with Gasteiger partial charge in [0.05, 0.1) is 11.7 Å². The van der Waals surface area contributed by atoms with Crippen LogP contribution in [0.1, 0.15) is 34.1 Å². The number of nitrogens with one attached hydrogen (secondary N) is 2. The van der Waals surface area contributed by atoms with Crippen molar-refractivity contribution in [3.63, 3.8) is 0 Å². The summed E-state index contributed by atoms with van der Waals surface area (Å²) in [5, 5.41) is 5.26. The lowest BCUT2D eigenvalue weighted by Crippen LogP contribution is -2.33. The Morgan fingerprint density at radius 2 is 1.93 bits per heavy atom. The van der Waals surface area contributed by atoms with Crippen molar-refractivity contribution < 1.29 is 4.39 Å². The summed E-state index contributed by atoms with van der Waals surface area (Å²) in [6, 6.07) is 9.65. The second-order valence-corrected chi connectivity index (χ2v) is 8.14. The number of para-hydroxylation sites is 1. The van der Waals surface area contributed by atoms with Gasteiger partial charge < -0.3 is 10.3 Å². The maximum Gasteiger partial charge on any atom is 0.164 e. The van der Waals surface area contributed by atoms with Gasteiger partial charge in [-0.25, -0.2) is 19.3 Å². The zero-order chi connectivity index (χ0) is 19.9. The number of fused-ring (bicyclic) bond motifs is 2. The third-order valence-electron chi connectivity index (χ3n) is 5.11. The zero-order valence-corrected chi connectivity index (χ0v) is 16.5. The first-order valence-corrected chi connectivity index (χ1v) is 9.53. The Hall–Kier alpha value is -3.02. The highest BCUT2D eigenvalue weighted by Crippen LogP contribution is 2.32. The Kier molecular flexibility index (Phi) is 4.49. The molecule has 3 aromatic heterocycles. The van der Waals surface area contributed by atoms with Gasteiger partial charge in [-0.1, -0.05) is 39.8 Å². The third kappa shape index (κ3) is 3.30. The molecular formula is C22H24FN5. The Morgan fingerprint density at radius 3 is 2.68 bits per heavy atom. The molecule has 0 aliphatic carbocycles. The number of aromatic amines is 1. The minimum Gasteiger partial charge on any atom is -0.366 e. The van der Waals surface area contributed by atoms with Crippen molar-refractivity contribution in [1.82, 2.24) is 19.9 Å².